The summed E-state index contributed by atoms with van der Waals surface area (Å²) in [6.07, 6.45) is 0.970. The van der Waals surface area contributed by atoms with E-state index in [1.807, 2.05) is 66.2 Å². The molecular formula is C20H20N4O. The second-order valence-electron chi connectivity index (χ2n) is 6.18. The number of anilines is 1. The number of aromatic nitrogens is 3. The topological polar surface area (TPSA) is 51.9 Å². The number of carbonyl (C=O) groups is 1. The second-order valence-corrected chi connectivity index (χ2v) is 6.18. The van der Waals surface area contributed by atoms with Gasteiger partial charge in [0.25, 0.3) is 5.91 Å². The Hall–Kier alpha value is -3.08. The van der Waals surface area contributed by atoms with Gasteiger partial charge in [0, 0.05) is 24.5 Å². The normalized spacial score (nSPS) is 11.3. The number of aryl methyl sites for hydroxylation is 2. The highest BCUT2D eigenvalue weighted by molar-refractivity contribution is 6.06. The first-order valence-electron chi connectivity index (χ1n) is 8.50. The zero-order chi connectivity index (χ0) is 17.4. The van der Waals surface area contributed by atoms with E-state index in [1.165, 1.54) is 0 Å². The summed E-state index contributed by atoms with van der Waals surface area (Å²) in [5, 5.41) is 4.05. The quantitative estimate of drug-likeness (QED) is 0.609. The summed E-state index contributed by atoms with van der Waals surface area (Å²) in [5.74, 6) is 0.449. The Morgan fingerprint density at radius 2 is 1.80 bits per heavy atom. The summed E-state index contributed by atoms with van der Waals surface area (Å²) >= 11 is 0. The lowest BCUT2D eigenvalue weighted by Gasteiger charge is -2.09. The number of amides is 1. The molecule has 0 bridgehead atoms. The van der Waals surface area contributed by atoms with Crippen LogP contribution in [0, 0.1) is 0 Å². The second kappa shape index (κ2) is 6.09. The molecule has 4 aromatic rings. The fraction of sp³-hybridized carbons (Fsp3) is 0.200. The van der Waals surface area contributed by atoms with Crippen molar-refractivity contribution in [3.8, 4) is 0 Å². The first-order valence-corrected chi connectivity index (χ1v) is 8.50. The summed E-state index contributed by atoms with van der Waals surface area (Å²) in [6.45, 7) is 2.93. The summed E-state index contributed by atoms with van der Waals surface area (Å²) in [6, 6.07) is 17.8. The third-order valence-electron chi connectivity index (χ3n) is 4.51. The number of hydrogen-bond acceptors (Lipinski definition) is 2. The van der Waals surface area contributed by atoms with Gasteiger partial charge in [0.15, 0.2) is 0 Å². The molecule has 4 rings (SSSR count). The molecule has 0 fully saturated rings. The van der Waals surface area contributed by atoms with Crippen molar-refractivity contribution in [2.75, 3.05) is 5.32 Å². The Morgan fingerprint density at radius 3 is 2.56 bits per heavy atom. The van der Waals surface area contributed by atoms with Gasteiger partial charge in [0.05, 0.1) is 11.0 Å². The van der Waals surface area contributed by atoms with Gasteiger partial charge in [0.1, 0.15) is 5.69 Å². The number of fused-ring (bicyclic) bond motifs is 2. The predicted molar refractivity (Wildman–Crippen MR) is 101 cm³/mol. The van der Waals surface area contributed by atoms with Gasteiger partial charge in [-0.15, -0.1) is 0 Å². The molecule has 0 radical (unpaired) electrons. The molecule has 0 atom stereocenters. The van der Waals surface area contributed by atoms with E-state index >= 15 is 0 Å². The van der Waals surface area contributed by atoms with Crippen molar-refractivity contribution in [1.82, 2.24) is 14.1 Å². The molecule has 0 saturated heterocycles. The third kappa shape index (κ3) is 2.58. The predicted octanol–water partition coefficient (Wildman–Crippen LogP) is 4.19. The Labute approximate surface area is 145 Å². The van der Waals surface area contributed by atoms with E-state index in [-0.39, 0.29) is 5.91 Å². The molecule has 0 saturated carbocycles. The number of para-hydroxylation sites is 3. The maximum atomic E-state index is 12.9. The van der Waals surface area contributed by atoms with Crippen LogP contribution in [0.15, 0.2) is 54.6 Å². The minimum atomic E-state index is -0.147. The SMILES string of the molecule is CCCn1c(NC(=O)c2cc3ccccc3n2C)nc2ccccc21. The Kier molecular flexibility index (Phi) is 3.76. The Morgan fingerprint density at radius 1 is 1.08 bits per heavy atom. The fourth-order valence-electron chi connectivity index (χ4n) is 3.29. The van der Waals surface area contributed by atoms with Crippen LogP contribution in [0.3, 0.4) is 0 Å². The van der Waals surface area contributed by atoms with Crippen molar-refractivity contribution >= 4 is 33.8 Å². The highest BCUT2D eigenvalue weighted by Crippen LogP contribution is 2.22. The van der Waals surface area contributed by atoms with Gasteiger partial charge in [-0.05, 0) is 30.7 Å². The lowest BCUT2D eigenvalue weighted by molar-refractivity contribution is 0.101. The highest BCUT2D eigenvalue weighted by atomic mass is 16.2. The molecule has 1 N–H and O–H groups in total. The van der Waals surface area contributed by atoms with E-state index in [4.69, 9.17) is 0 Å². The van der Waals surface area contributed by atoms with Crippen LogP contribution in [0.5, 0.6) is 0 Å². The van der Waals surface area contributed by atoms with Crippen LogP contribution >= 0.6 is 0 Å². The maximum Gasteiger partial charge on any atom is 0.274 e. The molecule has 0 spiro atoms. The summed E-state index contributed by atoms with van der Waals surface area (Å²) < 4.78 is 3.98. The molecule has 5 nitrogen and oxygen atoms in total. The van der Waals surface area contributed by atoms with E-state index in [2.05, 4.69) is 21.8 Å². The standard InChI is InChI=1S/C20H20N4O/c1-3-12-24-17-11-7-5-9-15(17)21-20(24)22-19(25)18-13-14-8-4-6-10-16(14)23(18)2/h4-11,13H,3,12H2,1-2H3,(H,21,22,25). The van der Waals surface area contributed by atoms with Crippen LogP contribution in [0.4, 0.5) is 5.95 Å². The summed E-state index contributed by atoms with van der Waals surface area (Å²) in [5.41, 5.74) is 3.59. The van der Waals surface area contributed by atoms with Crippen LogP contribution in [-0.4, -0.2) is 20.0 Å². The van der Waals surface area contributed by atoms with Gasteiger partial charge in [-0.3, -0.25) is 10.1 Å². The highest BCUT2D eigenvalue weighted by Gasteiger charge is 2.17. The fourth-order valence-corrected chi connectivity index (χ4v) is 3.29. The van der Waals surface area contributed by atoms with Gasteiger partial charge in [-0.2, -0.15) is 0 Å². The summed E-state index contributed by atoms with van der Waals surface area (Å²) in [7, 11) is 1.91. The lowest BCUT2D eigenvalue weighted by atomic mass is 10.2. The van der Waals surface area contributed by atoms with Gasteiger partial charge < -0.3 is 9.13 Å². The molecule has 0 unspecified atom stereocenters. The molecule has 5 heteroatoms. The van der Waals surface area contributed by atoms with Gasteiger partial charge in [0.2, 0.25) is 5.95 Å². The minimum absolute atomic E-state index is 0.147. The van der Waals surface area contributed by atoms with Crippen LogP contribution in [0.1, 0.15) is 23.8 Å². The average Bonchev–Trinajstić information content (AvgIpc) is 3.14. The molecule has 0 aliphatic carbocycles. The minimum Gasteiger partial charge on any atom is -0.340 e. The zero-order valence-corrected chi connectivity index (χ0v) is 14.4. The monoisotopic (exact) mass is 332 g/mol. The van der Waals surface area contributed by atoms with Crippen LogP contribution in [0.2, 0.25) is 0 Å². The van der Waals surface area contributed by atoms with E-state index in [9.17, 15) is 4.79 Å². The van der Waals surface area contributed by atoms with E-state index < -0.39 is 0 Å². The number of carbonyl (C=O) groups excluding carboxylic acids is 1. The molecular weight excluding hydrogens is 312 g/mol. The molecule has 126 valence electrons. The molecule has 2 aromatic carbocycles. The summed E-state index contributed by atoms with van der Waals surface area (Å²) in [4.78, 5) is 17.5. The van der Waals surface area contributed by atoms with Gasteiger partial charge >= 0.3 is 0 Å². The molecule has 0 aliphatic heterocycles. The molecule has 2 heterocycles. The van der Waals surface area contributed by atoms with Crippen molar-refractivity contribution in [3.05, 3.63) is 60.3 Å². The average molecular weight is 332 g/mol. The van der Waals surface area contributed by atoms with Crippen molar-refractivity contribution in [2.24, 2.45) is 7.05 Å². The maximum absolute atomic E-state index is 12.9. The lowest BCUT2D eigenvalue weighted by Crippen LogP contribution is -2.18. The van der Waals surface area contributed by atoms with Gasteiger partial charge in [-0.1, -0.05) is 37.3 Å². The van der Waals surface area contributed by atoms with Crippen molar-refractivity contribution in [3.63, 3.8) is 0 Å². The first-order chi connectivity index (χ1) is 12.2. The molecule has 25 heavy (non-hydrogen) atoms. The molecule has 2 aromatic heterocycles. The number of nitrogens with one attached hydrogen (secondary N) is 1. The van der Waals surface area contributed by atoms with E-state index in [0.29, 0.717) is 11.6 Å². The van der Waals surface area contributed by atoms with Crippen LogP contribution in [-0.2, 0) is 13.6 Å². The third-order valence-corrected chi connectivity index (χ3v) is 4.51. The molecule has 0 aliphatic rings. The largest absolute Gasteiger partial charge is 0.340 e. The number of imidazole rings is 1. The van der Waals surface area contributed by atoms with Crippen LogP contribution in [0.25, 0.3) is 21.9 Å². The number of hydrogen-bond donors (Lipinski definition) is 1. The smallest absolute Gasteiger partial charge is 0.274 e. The van der Waals surface area contributed by atoms with E-state index in [1.54, 1.807) is 0 Å². The number of rotatable bonds is 4. The number of benzene rings is 2. The van der Waals surface area contributed by atoms with Crippen molar-refractivity contribution in [2.45, 2.75) is 19.9 Å². The van der Waals surface area contributed by atoms with Gasteiger partial charge in [-0.25, -0.2) is 4.98 Å². The molecule has 1 amide bonds. The first kappa shape index (κ1) is 15.4. The zero-order valence-electron chi connectivity index (χ0n) is 14.4. The Balaban J connectivity index is 1.74. The van der Waals surface area contributed by atoms with Crippen molar-refractivity contribution in [1.29, 1.82) is 0 Å². The Bertz CT molecular complexity index is 1070. The van der Waals surface area contributed by atoms with Crippen LogP contribution < -0.4 is 5.32 Å². The number of nitrogens with zero attached hydrogens (tertiary/aromatic N) is 3. The van der Waals surface area contributed by atoms with Crippen molar-refractivity contribution < 1.29 is 4.79 Å². The van der Waals surface area contributed by atoms with E-state index in [0.717, 1.165) is 34.9 Å².